The minimum atomic E-state index is -0.524. The second-order valence-electron chi connectivity index (χ2n) is 7.13. The van der Waals surface area contributed by atoms with Crippen molar-refractivity contribution >= 4 is 10.9 Å². The number of aryl methyl sites for hydroxylation is 1. The predicted octanol–water partition coefficient (Wildman–Crippen LogP) is 5.54. The molecule has 0 aliphatic carbocycles. The van der Waals surface area contributed by atoms with E-state index in [0.717, 1.165) is 27.6 Å². The number of methoxy groups -OCH3 is 1. The third-order valence-corrected chi connectivity index (χ3v) is 5.47. The highest BCUT2D eigenvalue weighted by Gasteiger charge is 2.35. The Morgan fingerprint density at radius 1 is 0.926 bits per heavy atom. The fraction of sp³-hybridized carbons (Fsp3) is 0.167. The molecule has 2 N–H and O–H groups in total. The summed E-state index contributed by atoms with van der Waals surface area (Å²) in [6, 6.07) is 22.2. The van der Waals surface area contributed by atoms with Gasteiger partial charge in [0.15, 0.2) is 0 Å². The number of ether oxygens (including phenoxy) is 1. The molecule has 0 bridgehead atoms. The standard InChI is InChI=1S/C24H23NO2/c1-16-9-12-22-19(13-16)21(15-25-22)24(2,17-7-5-4-6-8-17)20-11-10-18(27-3)14-23(20)26/h4-15,25-26H,1-3H3/t24-/m0/s1. The van der Waals surface area contributed by atoms with Gasteiger partial charge in [-0.05, 0) is 43.2 Å². The van der Waals surface area contributed by atoms with Crippen LogP contribution in [0.5, 0.6) is 11.5 Å². The Balaban J connectivity index is 2.04. The Morgan fingerprint density at radius 3 is 2.41 bits per heavy atom. The molecule has 27 heavy (non-hydrogen) atoms. The normalized spacial score (nSPS) is 13.4. The van der Waals surface area contributed by atoms with E-state index in [9.17, 15) is 5.11 Å². The quantitative estimate of drug-likeness (QED) is 0.503. The largest absolute Gasteiger partial charge is 0.507 e. The van der Waals surface area contributed by atoms with E-state index < -0.39 is 5.41 Å². The van der Waals surface area contributed by atoms with E-state index in [1.165, 1.54) is 5.56 Å². The average Bonchev–Trinajstić information content (AvgIpc) is 3.11. The highest BCUT2D eigenvalue weighted by atomic mass is 16.5. The minimum Gasteiger partial charge on any atom is -0.507 e. The fourth-order valence-corrected chi connectivity index (χ4v) is 3.94. The van der Waals surface area contributed by atoms with Gasteiger partial charge in [-0.1, -0.05) is 48.0 Å². The van der Waals surface area contributed by atoms with Crippen molar-refractivity contribution in [1.82, 2.24) is 4.98 Å². The summed E-state index contributed by atoms with van der Waals surface area (Å²) in [4.78, 5) is 3.40. The number of H-pyrrole nitrogens is 1. The van der Waals surface area contributed by atoms with Crippen molar-refractivity contribution in [2.45, 2.75) is 19.3 Å². The van der Waals surface area contributed by atoms with E-state index >= 15 is 0 Å². The smallest absolute Gasteiger partial charge is 0.123 e. The van der Waals surface area contributed by atoms with Gasteiger partial charge >= 0.3 is 0 Å². The summed E-state index contributed by atoms with van der Waals surface area (Å²) in [5, 5.41) is 12.0. The maximum absolute atomic E-state index is 10.9. The zero-order valence-corrected chi connectivity index (χ0v) is 15.8. The van der Waals surface area contributed by atoms with Gasteiger partial charge < -0.3 is 14.8 Å². The second-order valence-corrected chi connectivity index (χ2v) is 7.13. The zero-order valence-electron chi connectivity index (χ0n) is 15.8. The van der Waals surface area contributed by atoms with E-state index in [1.54, 1.807) is 13.2 Å². The Bertz CT molecular complexity index is 1100. The number of hydrogen-bond acceptors (Lipinski definition) is 2. The van der Waals surface area contributed by atoms with E-state index in [1.807, 2.05) is 30.3 Å². The van der Waals surface area contributed by atoms with Crippen molar-refractivity contribution < 1.29 is 9.84 Å². The Labute approximate surface area is 159 Å². The van der Waals surface area contributed by atoms with Gasteiger partial charge in [-0.25, -0.2) is 0 Å². The summed E-state index contributed by atoms with van der Waals surface area (Å²) < 4.78 is 5.28. The molecule has 1 aromatic heterocycles. The average molecular weight is 357 g/mol. The number of benzene rings is 3. The molecule has 0 aliphatic rings. The number of phenols is 1. The Kier molecular flexibility index (Phi) is 4.15. The van der Waals surface area contributed by atoms with E-state index in [0.29, 0.717) is 5.75 Å². The van der Waals surface area contributed by atoms with Crippen LogP contribution in [0.25, 0.3) is 10.9 Å². The SMILES string of the molecule is COc1ccc([C@](C)(c2ccccc2)c2c[nH]c3ccc(C)cc23)c(O)c1. The molecule has 4 rings (SSSR count). The van der Waals surface area contributed by atoms with Gasteiger partial charge in [-0.2, -0.15) is 0 Å². The van der Waals surface area contributed by atoms with Crippen LogP contribution in [-0.4, -0.2) is 17.2 Å². The van der Waals surface area contributed by atoms with Gasteiger partial charge in [0.2, 0.25) is 0 Å². The van der Waals surface area contributed by atoms with Crippen molar-refractivity contribution in [2.24, 2.45) is 0 Å². The molecule has 0 amide bonds. The van der Waals surface area contributed by atoms with Gasteiger partial charge in [0, 0.05) is 34.1 Å². The first-order valence-corrected chi connectivity index (χ1v) is 9.05. The summed E-state index contributed by atoms with van der Waals surface area (Å²) in [5.41, 5.74) is 4.87. The summed E-state index contributed by atoms with van der Waals surface area (Å²) in [6.07, 6.45) is 2.06. The van der Waals surface area contributed by atoms with Gasteiger partial charge in [-0.15, -0.1) is 0 Å². The van der Waals surface area contributed by atoms with E-state index in [-0.39, 0.29) is 5.75 Å². The molecule has 3 heteroatoms. The number of rotatable bonds is 4. The first-order valence-electron chi connectivity index (χ1n) is 9.05. The predicted molar refractivity (Wildman–Crippen MR) is 110 cm³/mol. The first-order chi connectivity index (χ1) is 13.0. The summed E-state index contributed by atoms with van der Waals surface area (Å²) >= 11 is 0. The number of aromatic amines is 1. The lowest BCUT2D eigenvalue weighted by Gasteiger charge is -2.32. The van der Waals surface area contributed by atoms with Crippen LogP contribution in [0.15, 0.2) is 72.9 Å². The molecule has 0 saturated carbocycles. The van der Waals surface area contributed by atoms with Crippen LogP contribution in [0, 0.1) is 6.92 Å². The lowest BCUT2D eigenvalue weighted by Crippen LogP contribution is -2.25. The van der Waals surface area contributed by atoms with Gasteiger partial charge in [0.1, 0.15) is 11.5 Å². The monoisotopic (exact) mass is 357 g/mol. The number of fused-ring (bicyclic) bond motifs is 1. The first kappa shape index (κ1) is 17.2. The molecule has 3 nitrogen and oxygen atoms in total. The number of aromatic nitrogens is 1. The number of nitrogens with one attached hydrogen (secondary N) is 1. The molecule has 0 aliphatic heterocycles. The highest BCUT2D eigenvalue weighted by Crippen LogP contribution is 2.46. The molecule has 4 aromatic rings. The minimum absolute atomic E-state index is 0.225. The topological polar surface area (TPSA) is 45.2 Å². The van der Waals surface area contributed by atoms with Crippen LogP contribution in [0.4, 0.5) is 0 Å². The molecule has 136 valence electrons. The van der Waals surface area contributed by atoms with E-state index in [2.05, 4.69) is 55.4 Å². The Hall–Kier alpha value is -3.20. The molecule has 3 aromatic carbocycles. The number of hydrogen-bond donors (Lipinski definition) is 2. The lowest BCUT2D eigenvalue weighted by atomic mass is 9.70. The molecular weight excluding hydrogens is 334 g/mol. The molecule has 1 heterocycles. The van der Waals surface area contributed by atoms with Crippen molar-refractivity contribution in [3.8, 4) is 11.5 Å². The summed E-state index contributed by atoms with van der Waals surface area (Å²) in [7, 11) is 1.60. The number of phenolic OH excluding ortho intramolecular Hbond substituents is 1. The molecule has 0 fully saturated rings. The van der Waals surface area contributed by atoms with Gasteiger partial charge in [-0.3, -0.25) is 0 Å². The van der Waals surface area contributed by atoms with Crippen LogP contribution in [0.1, 0.15) is 29.2 Å². The molecule has 0 unspecified atom stereocenters. The van der Waals surface area contributed by atoms with Crippen molar-refractivity contribution in [1.29, 1.82) is 0 Å². The summed E-state index contributed by atoms with van der Waals surface area (Å²) in [5.74, 6) is 0.865. The molecular formula is C24H23NO2. The molecule has 0 saturated heterocycles. The third kappa shape index (κ3) is 2.76. The van der Waals surface area contributed by atoms with Gasteiger partial charge in [0.25, 0.3) is 0 Å². The fourth-order valence-electron chi connectivity index (χ4n) is 3.94. The van der Waals surface area contributed by atoms with Crippen LogP contribution >= 0.6 is 0 Å². The Morgan fingerprint density at radius 2 is 1.70 bits per heavy atom. The maximum atomic E-state index is 10.9. The second kappa shape index (κ2) is 6.51. The zero-order chi connectivity index (χ0) is 19.0. The third-order valence-electron chi connectivity index (χ3n) is 5.47. The molecule has 0 radical (unpaired) electrons. The van der Waals surface area contributed by atoms with Crippen molar-refractivity contribution in [3.05, 3.63) is 95.2 Å². The summed E-state index contributed by atoms with van der Waals surface area (Å²) in [6.45, 7) is 4.26. The maximum Gasteiger partial charge on any atom is 0.123 e. The highest BCUT2D eigenvalue weighted by molar-refractivity contribution is 5.86. The van der Waals surface area contributed by atoms with Crippen LogP contribution in [-0.2, 0) is 5.41 Å². The van der Waals surface area contributed by atoms with Crippen molar-refractivity contribution in [3.63, 3.8) is 0 Å². The number of aromatic hydroxyl groups is 1. The van der Waals surface area contributed by atoms with Crippen molar-refractivity contribution in [2.75, 3.05) is 7.11 Å². The van der Waals surface area contributed by atoms with Gasteiger partial charge in [0.05, 0.1) is 7.11 Å². The lowest BCUT2D eigenvalue weighted by molar-refractivity contribution is 0.404. The molecule has 1 atom stereocenters. The van der Waals surface area contributed by atoms with Crippen LogP contribution in [0.2, 0.25) is 0 Å². The van der Waals surface area contributed by atoms with Crippen LogP contribution in [0.3, 0.4) is 0 Å². The molecule has 0 spiro atoms. The van der Waals surface area contributed by atoms with Crippen LogP contribution < -0.4 is 4.74 Å². The van der Waals surface area contributed by atoms with E-state index in [4.69, 9.17) is 4.74 Å².